The van der Waals surface area contributed by atoms with E-state index in [1.807, 2.05) is 55.5 Å². The standard InChI is InChI=1S/C25H27NO5/c1-3-31-20-12-7-11-19(17-20)23-22(21(27)14-13-18-9-5-4-6-10-18)24(28)25(29)26(23)15-8-16-30-2/h4-7,9-14,17,23,28H,3,8,15-16H2,1-2H3. The van der Waals surface area contributed by atoms with Crippen molar-refractivity contribution in [3.8, 4) is 5.75 Å². The Morgan fingerprint density at radius 1 is 1.16 bits per heavy atom. The molecule has 2 aromatic rings. The molecule has 3 rings (SSSR count). The molecule has 6 heteroatoms. The van der Waals surface area contributed by atoms with Gasteiger partial charge < -0.3 is 19.5 Å². The van der Waals surface area contributed by atoms with Crippen molar-refractivity contribution in [1.29, 1.82) is 0 Å². The molecule has 1 atom stereocenters. The second-order valence-electron chi connectivity index (χ2n) is 7.12. The maximum absolute atomic E-state index is 13.1. The third-order valence-corrected chi connectivity index (χ3v) is 5.03. The summed E-state index contributed by atoms with van der Waals surface area (Å²) >= 11 is 0. The maximum atomic E-state index is 13.1. The Balaban J connectivity index is 1.97. The maximum Gasteiger partial charge on any atom is 0.290 e. The number of benzene rings is 2. The van der Waals surface area contributed by atoms with E-state index >= 15 is 0 Å². The molecule has 1 N–H and O–H groups in total. The lowest BCUT2D eigenvalue weighted by molar-refractivity contribution is -0.129. The van der Waals surface area contributed by atoms with Crippen molar-refractivity contribution in [2.75, 3.05) is 26.9 Å². The Labute approximate surface area is 182 Å². The van der Waals surface area contributed by atoms with Crippen LogP contribution in [0.3, 0.4) is 0 Å². The van der Waals surface area contributed by atoms with Gasteiger partial charge in [-0.05, 0) is 42.7 Å². The average Bonchev–Trinajstić information content (AvgIpc) is 3.04. The van der Waals surface area contributed by atoms with Crippen molar-refractivity contribution in [2.45, 2.75) is 19.4 Å². The van der Waals surface area contributed by atoms with Crippen LogP contribution in [0.4, 0.5) is 0 Å². The third-order valence-electron chi connectivity index (χ3n) is 5.03. The topological polar surface area (TPSA) is 76.1 Å². The van der Waals surface area contributed by atoms with E-state index in [0.29, 0.717) is 37.5 Å². The van der Waals surface area contributed by atoms with Crippen LogP contribution in [0.2, 0.25) is 0 Å². The Morgan fingerprint density at radius 2 is 1.94 bits per heavy atom. The molecule has 0 saturated carbocycles. The second-order valence-corrected chi connectivity index (χ2v) is 7.12. The highest BCUT2D eigenvalue weighted by molar-refractivity contribution is 6.14. The average molecular weight is 421 g/mol. The minimum absolute atomic E-state index is 0.0725. The molecule has 0 radical (unpaired) electrons. The second kappa shape index (κ2) is 10.6. The zero-order chi connectivity index (χ0) is 22.2. The predicted molar refractivity (Wildman–Crippen MR) is 119 cm³/mol. The van der Waals surface area contributed by atoms with Crippen molar-refractivity contribution in [2.24, 2.45) is 0 Å². The number of allylic oxidation sites excluding steroid dienone is 1. The Bertz CT molecular complexity index is 980. The normalized spacial score (nSPS) is 16.4. The van der Waals surface area contributed by atoms with Gasteiger partial charge in [-0.1, -0.05) is 48.5 Å². The highest BCUT2D eigenvalue weighted by Gasteiger charge is 2.42. The zero-order valence-electron chi connectivity index (χ0n) is 17.8. The first-order chi connectivity index (χ1) is 15.1. The SMILES string of the molecule is CCOc1cccc(C2C(C(=O)C=Cc3ccccc3)=C(O)C(=O)N2CCCOC)c1. The van der Waals surface area contributed by atoms with Crippen LogP contribution >= 0.6 is 0 Å². The number of methoxy groups -OCH3 is 1. The lowest BCUT2D eigenvalue weighted by atomic mass is 9.95. The first-order valence-electron chi connectivity index (χ1n) is 10.3. The summed E-state index contributed by atoms with van der Waals surface area (Å²) in [6.45, 7) is 3.20. The summed E-state index contributed by atoms with van der Waals surface area (Å²) in [6.07, 6.45) is 3.65. The Morgan fingerprint density at radius 3 is 2.65 bits per heavy atom. The molecule has 6 nitrogen and oxygen atoms in total. The predicted octanol–water partition coefficient (Wildman–Crippen LogP) is 4.10. The molecule has 1 heterocycles. The number of hydrogen-bond donors (Lipinski definition) is 1. The number of ether oxygens (including phenoxy) is 2. The number of aliphatic hydroxyl groups is 1. The molecule has 162 valence electrons. The largest absolute Gasteiger partial charge is 0.503 e. The lowest BCUT2D eigenvalue weighted by Crippen LogP contribution is -2.32. The molecule has 1 aliphatic rings. The minimum Gasteiger partial charge on any atom is -0.503 e. The van der Waals surface area contributed by atoms with E-state index in [0.717, 1.165) is 5.56 Å². The van der Waals surface area contributed by atoms with E-state index in [1.54, 1.807) is 19.3 Å². The van der Waals surface area contributed by atoms with Crippen LogP contribution in [0, 0.1) is 0 Å². The molecule has 2 aromatic carbocycles. The summed E-state index contributed by atoms with van der Waals surface area (Å²) in [7, 11) is 1.59. The number of amides is 1. The molecular formula is C25H27NO5. The molecule has 0 saturated heterocycles. The van der Waals surface area contributed by atoms with Crippen molar-refractivity contribution in [3.05, 3.63) is 83.1 Å². The molecular weight excluding hydrogens is 394 g/mol. The van der Waals surface area contributed by atoms with Gasteiger partial charge in [0.2, 0.25) is 0 Å². The number of ketones is 1. The first-order valence-corrected chi connectivity index (χ1v) is 10.3. The van der Waals surface area contributed by atoms with Crippen molar-refractivity contribution >= 4 is 17.8 Å². The number of nitrogens with zero attached hydrogens (tertiary/aromatic N) is 1. The molecule has 0 aliphatic carbocycles. The highest BCUT2D eigenvalue weighted by Crippen LogP contribution is 2.39. The van der Waals surface area contributed by atoms with E-state index in [4.69, 9.17) is 9.47 Å². The molecule has 1 amide bonds. The van der Waals surface area contributed by atoms with Gasteiger partial charge in [0.1, 0.15) is 5.75 Å². The molecule has 0 spiro atoms. The Hall–Kier alpha value is -3.38. The van der Waals surface area contributed by atoms with Crippen LogP contribution < -0.4 is 4.74 Å². The smallest absolute Gasteiger partial charge is 0.290 e. The minimum atomic E-state index is -0.697. The van der Waals surface area contributed by atoms with Crippen molar-refractivity contribution in [3.63, 3.8) is 0 Å². The van der Waals surface area contributed by atoms with Crippen molar-refractivity contribution in [1.82, 2.24) is 4.90 Å². The molecule has 0 aromatic heterocycles. The number of rotatable bonds is 10. The number of carbonyl (C=O) groups is 2. The molecule has 1 unspecified atom stereocenters. The van der Waals surface area contributed by atoms with Crippen molar-refractivity contribution < 1.29 is 24.2 Å². The summed E-state index contributed by atoms with van der Waals surface area (Å²) in [4.78, 5) is 27.5. The summed E-state index contributed by atoms with van der Waals surface area (Å²) in [5.74, 6) is -0.829. The fraction of sp³-hybridized carbons (Fsp3) is 0.280. The van der Waals surface area contributed by atoms with Gasteiger partial charge in [-0.25, -0.2) is 0 Å². The van der Waals surface area contributed by atoms with Gasteiger partial charge in [-0.2, -0.15) is 0 Å². The summed E-state index contributed by atoms with van der Waals surface area (Å²) < 4.78 is 10.7. The highest BCUT2D eigenvalue weighted by atomic mass is 16.5. The molecule has 1 aliphatic heterocycles. The third kappa shape index (κ3) is 5.22. The van der Waals surface area contributed by atoms with Gasteiger partial charge in [0, 0.05) is 20.3 Å². The van der Waals surface area contributed by atoms with Gasteiger partial charge in [-0.15, -0.1) is 0 Å². The van der Waals surface area contributed by atoms with E-state index in [2.05, 4.69) is 0 Å². The summed E-state index contributed by atoms with van der Waals surface area (Å²) in [5.41, 5.74) is 1.63. The number of hydrogen-bond acceptors (Lipinski definition) is 5. The number of carbonyl (C=O) groups excluding carboxylic acids is 2. The van der Waals surface area contributed by atoms with Gasteiger partial charge in [0.25, 0.3) is 5.91 Å². The van der Waals surface area contributed by atoms with Crippen LogP contribution in [0.15, 0.2) is 72.0 Å². The fourth-order valence-electron chi connectivity index (χ4n) is 3.63. The van der Waals surface area contributed by atoms with Crippen LogP contribution in [0.1, 0.15) is 30.5 Å². The van der Waals surface area contributed by atoms with E-state index in [1.165, 1.54) is 11.0 Å². The summed E-state index contributed by atoms with van der Waals surface area (Å²) in [5, 5.41) is 10.6. The fourth-order valence-corrected chi connectivity index (χ4v) is 3.63. The zero-order valence-corrected chi connectivity index (χ0v) is 17.8. The first kappa shape index (κ1) is 22.3. The van der Waals surface area contributed by atoms with Crippen LogP contribution in [0.25, 0.3) is 6.08 Å². The molecule has 0 bridgehead atoms. The molecule has 31 heavy (non-hydrogen) atoms. The van der Waals surface area contributed by atoms with Gasteiger partial charge in [0.15, 0.2) is 11.5 Å². The van der Waals surface area contributed by atoms with Gasteiger partial charge in [0.05, 0.1) is 18.2 Å². The lowest BCUT2D eigenvalue weighted by Gasteiger charge is -2.26. The summed E-state index contributed by atoms with van der Waals surface area (Å²) in [6, 6.07) is 16.0. The Kier molecular flexibility index (Phi) is 7.62. The monoisotopic (exact) mass is 421 g/mol. The molecule has 0 fully saturated rings. The van der Waals surface area contributed by atoms with E-state index in [-0.39, 0.29) is 5.57 Å². The van der Waals surface area contributed by atoms with Crippen LogP contribution in [-0.4, -0.2) is 48.6 Å². The van der Waals surface area contributed by atoms with Gasteiger partial charge >= 0.3 is 0 Å². The van der Waals surface area contributed by atoms with E-state index < -0.39 is 23.5 Å². The quantitative estimate of drug-likeness (QED) is 0.462. The van der Waals surface area contributed by atoms with Crippen LogP contribution in [0.5, 0.6) is 5.75 Å². The van der Waals surface area contributed by atoms with E-state index in [9.17, 15) is 14.7 Å². The van der Waals surface area contributed by atoms with Gasteiger partial charge in [-0.3, -0.25) is 9.59 Å². The number of aliphatic hydroxyl groups excluding tert-OH is 1. The van der Waals surface area contributed by atoms with Crippen LogP contribution in [-0.2, 0) is 14.3 Å².